The smallest absolute Gasteiger partial charge is 0.270 e. The number of allylic oxidation sites excluding steroid dienone is 1. The summed E-state index contributed by atoms with van der Waals surface area (Å²) in [6.45, 7) is 1.07. The molecular weight excluding hydrogens is 496 g/mol. The standard InChI is InChI=1S/C25H27ClN8O3/c1-34-22-21(26)20(37-19(11-27)17-4-2-3-8-29-17)12-30-23(22)33-25(34)32-18(10-16(28)14-5-6-14)24(35)31-15-7-9-36-13-15/h2-4,8,10-12,14-15H,5-7,9,13,27-28H2,1H3,(H,31,35). The number of nitrogens with one attached hydrogen (secondary N) is 1. The molecule has 5 rings (SSSR count). The Hall–Kier alpha value is -3.96. The van der Waals surface area contributed by atoms with Crippen LogP contribution in [0.1, 0.15) is 25.0 Å². The number of carbonyl (C=O) groups is 1. The van der Waals surface area contributed by atoms with Gasteiger partial charge < -0.3 is 30.8 Å². The number of ether oxygens (including phenoxy) is 2. The summed E-state index contributed by atoms with van der Waals surface area (Å²) in [6.07, 6.45) is 8.76. The van der Waals surface area contributed by atoms with Crippen molar-refractivity contribution in [2.24, 2.45) is 29.4 Å². The van der Waals surface area contributed by atoms with Gasteiger partial charge in [-0.3, -0.25) is 9.78 Å². The highest BCUT2D eigenvalue weighted by atomic mass is 35.5. The molecule has 2 fully saturated rings. The Kier molecular flexibility index (Phi) is 7.06. The molecule has 1 aliphatic heterocycles. The Morgan fingerprint density at radius 2 is 2.16 bits per heavy atom. The lowest BCUT2D eigenvalue weighted by Crippen LogP contribution is -2.39. The van der Waals surface area contributed by atoms with E-state index in [1.54, 1.807) is 36.0 Å². The fourth-order valence-corrected chi connectivity index (χ4v) is 4.23. The van der Waals surface area contributed by atoms with Gasteiger partial charge in [0.15, 0.2) is 17.2 Å². The van der Waals surface area contributed by atoms with Crippen LogP contribution in [0.15, 0.2) is 53.6 Å². The molecule has 2 aliphatic rings. The average Bonchev–Trinajstić information content (AvgIpc) is 3.55. The van der Waals surface area contributed by atoms with E-state index in [0.29, 0.717) is 41.5 Å². The molecule has 11 nitrogen and oxygen atoms in total. The Bertz CT molecular complexity index is 1410. The molecule has 1 atom stereocenters. The molecule has 12 heteroatoms. The van der Waals surface area contributed by atoms with Crippen molar-refractivity contribution < 1.29 is 14.3 Å². The lowest BCUT2D eigenvalue weighted by atomic mass is 10.2. The molecule has 5 N–H and O–H groups in total. The number of carbonyl (C=O) groups excluding carboxylic acids is 1. The molecule has 3 aromatic rings. The number of fused-ring (bicyclic) bond motifs is 1. The molecule has 4 heterocycles. The molecule has 1 saturated heterocycles. The number of pyridine rings is 2. The number of aromatic nitrogens is 4. The lowest BCUT2D eigenvalue weighted by Gasteiger charge is -2.11. The number of nitrogens with zero attached hydrogens (tertiary/aromatic N) is 5. The first-order valence-electron chi connectivity index (χ1n) is 11.9. The van der Waals surface area contributed by atoms with Crippen LogP contribution in [-0.2, 0) is 16.6 Å². The highest BCUT2D eigenvalue weighted by Crippen LogP contribution is 2.36. The number of nitrogens with two attached hydrogens (primary N) is 2. The van der Waals surface area contributed by atoms with Gasteiger partial charge in [-0.05, 0) is 43.4 Å². The van der Waals surface area contributed by atoms with Crippen LogP contribution >= 0.6 is 11.6 Å². The van der Waals surface area contributed by atoms with E-state index in [1.807, 2.05) is 6.07 Å². The number of aryl methyl sites for hydroxylation is 1. The third-order valence-electron chi connectivity index (χ3n) is 6.14. The van der Waals surface area contributed by atoms with Crippen molar-refractivity contribution in [2.45, 2.75) is 25.3 Å². The van der Waals surface area contributed by atoms with E-state index >= 15 is 0 Å². The van der Waals surface area contributed by atoms with Gasteiger partial charge in [0.1, 0.15) is 21.9 Å². The second-order valence-corrected chi connectivity index (χ2v) is 9.26. The lowest BCUT2D eigenvalue weighted by molar-refractivity contribution is -0.115. The number of aliphatic imine (C=N–C) groups is 1. The fraction of sp³-hybridized carbons (Fsp3) is 0.320. The molecule has 37 heavy (non-hydrogen) atoms. The molecule has 0 radical (unpaired) electrons. The Morgan fingerprint density at radius 3 is 2.84 bits per heavy atom. The Labute approximate surface area is 218 Å². The van der Waals surface area contributed by atoms with Gasteiger partial charge in [-0.2, -0.15) is 4.98 Å². The molecule has 192 valence electrons. The zero-order chi connectivity index (χ0) is 25.9. The number of hydrogen-bond donors (Lipinski definition) is 3. The zero-order valence-electron chi connectivity index (χ0n) is 20.2. The van der Waals surface area contributed by atoms with Crippen molar-refractivity contribution in [3.63, 3.8) is 0 Å². The summed E-state index contributed by atoms with van der Waals surface area (Å²) in [5.74, 6) is 0.760. The van der Waals surface area contributed by atoms with Gasteiger partial charge in [0, 0.05) is 31.7 Å². The van der Waals surface area contributed by atoms with Gasteiger partial charge in [-0.25, -0.2) is 9.98 Å². The number of halogens is 1. The summed E-state index contributed by atoms with van der Waals surface area (Å²) in [5, 5.41) is 3.23. The van der Waals surface area contributed by atoms with E-state index in [1.165, 1.54) is 12.4 Å². The summed E-state index contributed by atoms with van der Waals surface area (Å²) >= 11 is 6.71. The van der Waals surface area contributed by atoms with E-state index in [0.717, 1.165) is 19.3 Å². The maximum atomic E-state index is 13.1. The van der Waals surface area contributed by atoms with Gasteiger partial charge >= 0.3 is 0 Å². The summed E-state index contributed by atoms with van der Waals surface area (Å²) in [6, 6.07) is 5.30. The van der Waals surface area contributed by atoms with Crippen molar-refractivity contribution in [1.29, 1.82) is 0 Å². The van der Waals surface area contributed by atoms with E-state index in [9.17, 15) is 4.79 Å². The van der Waals surface area contributed by atoms with Gasteiger partial charge in [-0.1, -0.05) is 17.7 Å². The third-order valence-corrected chi connectivity index (χ3v) is 6.51. The van der Waals surface area contributed by atoms with Crippen molar-refractivity contribution >= 4 is 46.1 Å². The second kappa shape index (κ2) is 10.6. The van der Waals surface area contributed by atoms with E-state index in [2.05, 4.69) is 25.3 Å². The monoisotopic (exact) mass is 522 g/mol. The SMILES string of the molecule is Cn1c(N=C(C=C(N)C2CC2)C(=O)NC2CCOC2)nc2ncc(OC(=CN)c3ccccn3)c(Cl)c21. The van der Waals surface area contributed by atoms with Gasteiger partial charge in [0.05, 0.1) is 18.8 Å². The minimum Gasteiger partial charge on any atom is -0.450 e. The van der Waals surface area contributed by atoms with Crippen molar-refractivity contribution in [1.82, 2.24) is 24.8 Å². The number of imidazole rings is 1. The number of rotatable bonds is 8. The summed E-state index contributed by atoms with van der Waals surface area (Å²) in [7, 11) is 1.73. The van der Waals surface area contributed by atoms with E-state index in [4.69, 9.17) is 32.5 Å². The van der Waals surface area contributed by atoms with E-state index < -0.39 is 0 Å². The molecule has 0 bridgehead atoms. The number of hydrogen-bond acceptors (Lipinski definition) is 9. The topological polar surface area (TPSA) is 156 Å². The maximum absolute atomic E-state index is 13.1. The van der Waals surface area contributed by atoms with Gasteiger partial charge in [0.25, 0.3) is 5.91 Å². The summed E-state index contributed by atoms with van der Waals surface area (Å²) < 4.78 is 13.0. The highest BCUT2D eigenvalue weighted by Gasteiger charge is 2.27. The van der Waals surface area contributed by atoms with Gasteiger partial charge in [-0.15, -0.1) is 0 Å². The van der Waals surface area contributed by atoms with Crippen molar-refractivity contribution in [3.8, 4) is 5.75 Å². The molecule has 3 aromatic heterocycles. The zero-order valence-corrected chi connectivity index (χ0v) is 21.0. The predicted molar refractivity (Wildman–Crippen MR) is 140 cm³/mol. The normalized spacial score (nSPS) is 18.9. The average molecular weight is 523 g/mol. The first-order chi connectivity index (χ1) is 17.9. The molecule has 1 amide bonds. The molecule has 0 spiro atoms. The van der Waals surface area contributed by atoms with Crippen LogP contribution < -0.4 is 21.5 Å². The van der Waals surface area contributed by atoms with Crippen LogP contribution in [0.4, 0.5) is 5.95 Å². The third kappa shape index (κ3) is 5.42. The molecule has 1 unspecified atom stereocenters. The first-order valence-corrected chi connectivity index (χ1v) is 12.3. The van der Waals surface area contributed by atoms with Crippen LogP contribution in [0.5, 0.6) is 5.75 Å². The quantitative estimate of drug-likeness (QED) is 0.301. The van der Waals surface area contributed by atoms with Crippen LogP contribution in [0.25, 0.3) is 16.9 Å². The predicted octanol–water partition coefficient (Wildman–Crippen LogP) is 2.58. The molecule has 1 aliphatic carbocycles. The minimum absolute atomic E-state index is 0.0755. The van der Waals surface area contributed by atoms with E-state index in [-0.39, 0.29) is 40.3 Å². The fourth-order valence-electron chi connectivity index (χ4n) is 3.93. The highest BCUT2D eigenvalue weighted by molar-refractivity contribution is 6.44. The molecule has 1 saturated carbocycles. The van der Waals surface area contributed by atoms with Crippen LogP contribution in [0, 0.1) is 5.92 Å². The van der Waals surface area contributed by atoms with Crippen LogP contribution in [-0.4, -0.2) is 50.4 Å². The molecule has 0 aromatic carbocycles. The Balaban J connectivity index is 1.49. The second-order valence-electron chi connectivity index (χ2n) is 8.88. The van der Waals surface area contributed by atoms with Crippen LogP contribution in [0.2, 0.25) is 5.02 Å². The first kappa shape index (κ1) is 24.7. The summed E-state index contributed by atoms with van der Waals surface area (Å²) in [4.78, 5) is 30.8. The summed E-state index contributed by atoms with van der Waals surface area (Å²) in [5.41, 5.74) is 14.1. The van der Waals surface area contributed by atoms with Crippen LogP contribution in [0.3, 0.4) is 0 Å². The van der Waals surface area contributed by atoms with Crippen molar-refractivity contribution in [3.05, 3.63) is 59.3 Å². The number of amides is 1. The Morgan fingerprint density at radius 1 is 1.32 bits per heavy atom. The van der Waals surface area contributed by atoms with Crippen molar-refractivity contribution in [2.75, 3.05) is 13.2 Å². The minimum atomic E-state index is -0.345. The molecular formula is C25H27ClN8O3. The largest absolute Gasteiger partial charge is 0.450 e. The maximum Gasteiger partial charge on any atom is 0.270 e. The van der Waals surface area contributed by atoms with Gasteiger partial charge in [0.2, 0.25) is 5.95 Å².